The summed E-state index contributed by atoms with van der Waals surface area (Å²) in [4.78, 5) is 24.3. The van der Waals surface area contributed by atoms with Gasteiger partial charge in [0.2, 0.25) is 0 Å². The number of alkyl halides is 3. The maximum Gasteiger partial charge on any atom is 0.435 e. The number of nitrogens with zero attached hydrogens (tertiary/aromatic N) is 3. The molecule has 30 heavy (non-hydrogen) atoms. The van der Waals surface area contributed by atoms with Crippen LogP contribution in [0.15, 0.2) is 42.5 Å². The van der Waals surface area contributed by atoms with E-state index in [-0.39, 0.29) is 22.0 Å². The average molecular weight is 442 g/mol. The van der Waals surface area contributed by atoms with Crippen molar-refractivity contribution in [3.63, 3.8) is 0 Å². The summed E-state index contributed by atoms with van der Waals surface area (Å²) in [5, 5.41) is 11.4. The number of nitrogens with one attached hydrogen (secondary N) is 2. The third-order valence-corrected chi connectivity index (χ3v) is 4.25. The second-order valence-electron chi connectivity index (χ2n) is 5.90. The van der Waals surface area contributed by atoms with Crippen LogP contribution in [0.25, 0.3) is 5.69 Å². The van der Waals surface area contributed by atoms with Crippen LogP contribution in [0, 0.1) is 5.82 Å². The Hall–Kier alpha value is -3.47. The number of hydrogen-bond acceptors (Lipinski definition) is 4. The maximum atomic E-state index is 13.6. The zero-order valence-corrected chi connectivity index (χ0v) is 15.8. The van der Waals surface area contributed by atoms with Gasteiger partial charge in [0, 0.05) is 12.7 Å². The smallest absolute Gasteiger partial charge is 0.355 e. The molecule has 0 aliphatic heterocycles. The quantitative estimate of drug-likeness (QED) is 0.604. The molecule has 1 heterocycles. The SMILES string of the molecule is CNC(=O)c1cc(NC(=O)c2nnn(-c3ccc(F)cc3)c2C(F)(F)F)ccc1Cl. The van der Waals surface area contributed by atoms with Crippen molar-refractivity contribution >= 4 is 29.1 Å². The van der Waals surface area contributed by atoms with Gasteiger partial charge in [-0.15, -0.1) is 5.10 Å². The number of benzene rings is 2. The molecule has 0 radical (unpaired) electrons. The Labute approximate surface area is 171 Å². The second kappa shape index (κ2) is 8.11. The van der Waals surface area contributed by atoms with E-state index in [0.717, 1.165) is 24.3 Å². The fourth-order valence-corrected chi connectivity index (χ4v) is 2.76. The molecule has 2 N–H and O–H groups in total. The van der Waals surface area contributed by atoms with Crippen molar-refractivity contribution in [1.29, 1.82) is 0 Å². The predicted molar refractivity (Wildman–Crippen MR) is 99.1 cm³/mol. The van der Waals surface area contributed by atoms with E-state index in [1.165, 1.54) is 25.2 Å². The highest BCUT2D eigenvalue weighted by molar-refractivity contribution is 6.34. The molecule has 0 unspecified atom stereocenters. The van der Waals surface area contributed by atoms with Crippen LogP contribution >= 0.6 is 11.6 Å². The fourth-order valence-electron chi connectivity index (χ4n) is 2.55. The Morgan fingerprint density at radius 2 is 1.73 bits per heavy atom. The van der Waals surface area contributed by atoms with E-state index in [4.69, 9.17) is 11.6 Å². The molecule has 3 rings (SSSR count). The van der Waals surface area contributed by atoms with E-state index < -0.39 is 35.2 Å². The van der Waals surface area contributed by atoms with Crippen LogP contribution in [0.2, 0.25) is 5.02 Å². The molecule has 0 aliphatic carbocycles. The van der Waals surface area contributed by atoms with Gasteiger partial charge in [0.25, 0.3) is 11.8 Å². The lowest BCUT2D eigenvalue weighted by atomic mass is 10.1. The summed E-state index contributed by atoms with van der Waals surface area (Å²) in [6, 6.07) is 7.85. The summed E-state index contributed by atoms with van der Waals surface area (Å²) in [5.74, 6) is -2.41. The van der Waals surface area contributed by atoms with E-state index >= 15 is 0 Å². The van der Waals surface area contributed by atoms with Crippen LogP contribution in [0.4, 0.5) is 23.2 Å². The van der Waals surface area contributed by atoms with Gasteiger partial charge in [0.15, 0.2) is 11.4 Å². The van der Waals surface area contributed by atoms with Crippen LogP contribution in [-0.2, 0) is 6.18 Å². The zero-order chi connectivity index (χ0) is 22.1. The minimum Gasteiger partial charge on any atom is -0.355 e. The van der Waals surface area contributed by atoms with Crippen LogP contribution < -0.4 is 10.6 Å². The number of aromatic nitrogens is 3. The molecule has 12 heteroatoms. The lowest BCUT2D eigenvalue weighted by molar-refractivity contribution is -0.143. The van der Waals surface area contributed by atoms with Gasteiger partial charge in [-0.2, -0.15) is 13.2 Å². The van der Waals surface area contributed by atoms with Crippen molar-refractivity contribution in [1.82, 2.24) is 20.3 Å². The van der Waals surface area contributed by atoms with Crippen molar-refractivity contribution in [2.75, 3.05) is 12.4 Å². The van der Waals surface area contributed by atoms with Gasteiger partial charge in [-0.25, -0.2) is 9.07 Å². The Morgan fingerprint density at radius 3 is 2.33 bits per heavy atom. The van der Waals surface area contributed by atoms with Gasteiger partial charge in [-0.3, -0.25) is 9.59 Å². The Kier molecular flexibility index (Phi) is 5.74. The Balaban J connectivity index is 1.99. The first-order chi connectivity index (χ1) is 14.1. The number of anilines is 1. The zero-order valence-electron chi connectivity index (χ0n) is 15.1. The molecular formula is C18H12ClF4N5O2. The number of halogens is 5. The van der Waals surface area contributed by atoms with Gasteiger partial charge in [0.05, 0.1) is 16.3 Å². The second-order valence-corrected chi connectivity index (χ2v) is 6.31. The number of amides is 2. The molecular weight excluding hydrogens is 430 g/mol. The lowest BCUT2D eigenvalue weighted by Crippen LogP contribution is -2.22. The van der Waals surface area contributed by atoms with E-state index in [9.17, 15) is 27.2 Å². The summed E-state index contributed by atoms with van der Waals surface area (Å²) in [7, 11) is 1.37. The summed E-state index contributed by atoms with van der Waals surface area (Å²) in [6.45, 7) is 0. The van der Waals surface area contributed by atoms with Gasteiger partial charge in [-0.05, 0) is 42.5 Å². The van der Waals surface area contributed by atoms with Crippen molar-refractivity contribution in [2.24, 2.45) is 0 Å². The van der Waals surface area contributed by atoms with Crippen molar-refractivity contribution < 1.29 is 27.2 Å². The van der Waals surface area contributed by atoms with Crippen molar-refractivity contribution in [3.8, 4) is 5.69 Å². The highest BCUT2D eigenvalue weighted by Gasteiger charge is 2.42. The molecule has 3 aromatic rings. The Bertz CT molecular complexity index is 1110. The van der Waals surface area contributed by atoms with Gasteiger partial charge in [-0.1, -0.05) is 16.8 Å². The van der Waals surface area contributed by atoms with Crippen LogP contribution in [0.5, 0.6) is 0 Å². The average Bonchev–Trinajstić information content (AvgIpc) is 3.15. The molecule has 0 fully saturated rings. The molecule has 7 nitrogen and oxygen atoms in total. The highest BCUT2D eigenvalue weighted by Crippen LogP contribution is 2.33. The third kappa shape index (κ3) is 4.25. The monoisotopic (exact) mass is 441 g/mol. The van der Waals surface area contributed by atoms with E-state index in [0.29, 0.717) is 4.68 Å². The van der Waals surface area contributed by atoms with Crippen molar-refractivity contribution in [3.05, 3.63) is 70.3 Å². The molecule has 1 aromatic heterocycles. The number of carbonyl (C=O) groups excluding carboxylic acids is 2. The number of rotatable bonds is 4. The molecule has 0 aliphatic rings. The Morgan fingerprint density at radius 1 is 1.07 bits per heavy atom. The first-order valence-electron chi connectivity index (χ1n) is 8.23. The van der Waals surface area contributed by atoms with Gasteiger partial charge in [0.1, 0.15) is 5.82 Å². The number of hydrogen-bond donors (Lipinski definition) is 2. The minimum atomic E-state index is -4.99. The number of carbonyl (C=O) groups is 2. The highest BCUT2D eigenvalue weighted by atomic mass is 35.5. The molecule has 0 spiro atoms. The first-order valence-corrected chi connectivity index (χ1v) is 8.61. The topological polar surface area (TPSA) is 88.9 Å². The van der Waals surface area contributed by atoms with E-state index in [1.807, 2.05) is 0 Å². The summed E-state index contributed by atoms with van der Waals surface area (Å²) >= 11 is 5.92. The summed E-state index contributed by atoms with van der Waals surface area (Å²) < 4.78 is 54.4. The lowest BCUT2D eigenvalue weighted by Gasteiger charge is -2.12. The van der Waals surface area contributed by atoms with Crippen LogP contribution in [0.3, 0.4) is 0 Å². The molecule has 2 aromatic carbocycles. The largest absolute Gasteiger partial charge is 0.435 e. The standard InChI is InChI=1S/C18H12ClF4N5O2/c1-24-16(29)12-8-10(4-7-13(12)19)25-17(30)14-15(18(21,22)23)28(27-26-14)11-5-2-9(20)3-6-11/h2-8H,1H3,(H,24,29)(H,25,30). The normalized spacial score (nSPS) is 11.3. The minimum absolute atomic E-state index is 0.0166. The maximum absolute atomic E-state index is 13.6. The summed E-state index contributed by atoms with van der Waals surface area (Å²) in [6.07, 6.45) is -4.99. The van der Waals surface area contributed by atoms with Gasteiger partial charge < -0.3 is 10.6 Å². The molecule has 0 saturated carbocycles. The van der Waals surface area contributed by atoms with Crippen LogP contribution in [0.1, 0.15) is 26.5 Å². The van der Waals surface area contributed by atoms with E-state index in [2.05, 4.69) is 20.9 Å². The molecule has 156 valence electrons. The van der Waals surface area contributed by atoms with Gasteiger partial charge >= 0.3 is 6.18 Å². The molecule has 0 atom stereocenters. The molecule has 2 amide bonds. The predicted octanol–water partition coefficient (Wildman–Crippen LogP) is 3.69. The van der Waals surface area contributed by atoms with E-state index in [1.54, 1.807) is 0 Å². The van der Waals surface area contributed by atoms with Crippen LogP contribution in [-0.4, -0.2) is 33.9 Å². The molecule has 0 bridgehead atoms. The fraction of sp³-hybridized carbons (Fsp3) is 0.111. The van der Waals surface area contributed by atoms with Crippen molar-refractivity contribution in [2.45, 2.75) is 6.18 Å². The first kappa shape index (κ1) is 21.2. The molecule has 0 saturated heterocycles. The summed E-state index contributed by atoms with van der Waals surface area (Å²) in [5.41, 5.74) is -2.53. The third-order valence-electron chi connectivity index (χ3n) is 3.92.